The Morgan fingerprint density at radius 1 is 0.810 bits per heavy atom. The third kappa shape index (κ3) is 5.24. The number of nitrogens with zero attached hydrogens (tertiary/aromatic N) is 2. The molecule has 1 atom stereocenters. The minimum atomic E-state index is -4.45. The van der Waals surface area contributed by atoms with Gasteiger partial charge in [-0.25, -0.2) is 22.3 Å². The standard InChI is InChI=1S/C32H27ClN2O6S/c1-21-12-18-25(19-13-21)42(38,39)34-20-28(22-8-5-4-6-9-22)35-26(23-14-16-24(33)17-15-23)10-7-11-27(35)29(31(36)40-2)30(34)32(37)41-3/h4-20,27H,1-3H3. The molecule has 0 saturated carbocycles. The molecular weight excluding hydrogens is 576 g/mol. The minimum absolute atomic E-state index is 0.0775. The van der Waals surface area contributed by atoms with Crippen LogP contribution in [0.4, 0.5) is 0 Å². The summed E-state index contributed by atoms with van der Waals surface area (Å²) < 4.78 is 39.7. The number of benzene rings is 3. The maximum atomic E-state index is 14.3. The number of ether oxygens (including phenoxy) is 2. The zero-order chi connectivity index (χ0) is 30.0. The SMILES string of the molecule is COC(=O)C1=C(C(=O)OC)N(S(=O)(=O)c2ccc(C)cc2)C=C(c2ccccc2)N2C(c3ccc(Cl)cc3)=CC=CC12. The first-order valence-electron chi connectivity index (χ1n) is 12.9. The lowest BCUT2D eigenvalue weighted by molar-refractivity contribution is -0.140. The number of fused-ring (bicyclic) bond motifs is 1. The van der Waals surface area contributed by atoms with Gasteiger partial charge in [-0.2, -0.15) is 0 Å². The Balaban J connectivity index is 1.88. The summed E-state index contributed by atoms with van der Waals surface area (Å²) in [5.74, 6) is -1.91. The molecule has 3 aromatic carbocycles. The van der Waals surface area contributed by atoms with Crippen molar-refractivity contribution in [1.29, 1.82) is 0 Å². The van der Waals surface area contributed by atoms with Crippen molar-refractivity contribution in [1.82, 2.24) is 9.21 Å². The number of aryl methyl sites for hydroxylation is 1. The van der Waals surface area contributed by atoms with Crippen LogP contribution in [0.15, 0.2) is 119 Å². The molecule has 3 aromatic rings. The molecule has 2 aliphatic rings. The number of rotatable bonds is 6. The maximum absolute atomic E-state index is 14.3. The summed E-state index contributed by atoms with van der Waals surface area (Å²) in [6, 6.07) is 21.5. The molecule has 2 heterocycles. The van der Waals surface area contributed by atoms with Gasteiger partial charge in [0.1, 0.15) is 0 Å². The predicted octanol–water partition coefficient (Wildman–Crippen LogP) is 5.53. The second kappa shape index (κ2) is 11.7. The number of methoxy groups -OCH3 is 2. The van der Waals surface area contributed by atoms with Crippen molar-refractivity contribution in [3.63, 3.8) is 0 Å². The fraction of sp³-hybridized carbons (Fsp3) is 0.125. The van der Waals surface area contributed by atoms with Crippen molar-refractivity contribution in [2.45, 2.75) is 17.9 Å². The summed E-state index contributed by atoms with van der Waals surface area (Å²) in [6.45, 7) is 1.83. The Bertz CT molecular complexity index is 1760. The zero-order valence-electron chi connectivity index (χ0n) is 23.0. The lowest BCUT2D eigenvalue weighted by Gasteiger charge is -2.37. The molecule has 10 heteroatoms. The van der Waals surface area contributed by atoms with Gasteiger partial charge in [0.2, 0.25) is 0 Å². The fourth-order valence-corrected chi connectivity index (χ4v) is 6.37. The van der Waals surface area contributed by atoms with Gasteiger partial charge in [-0.1, -0.05) is 83.9 Å². The predicted molar refractivity (Wildman–Crippen MR) is 160 cm³/mol. The number of esters is 2. The van der Waals surface area contributed by atoms with E-state index in [-0.39, 0.29) is 10.5 Å². The Morgan fingerprint density at radius 2 is 1.43 bits per heavy atom. The average Bonchev–Trinajstić information content (AvgIpc) is 3.17. The number of sulfonamides is 1. The van der Waals surface area contributed by atoms with E-state index < -0.39 is 33.7 Å². The zero-order valence-corrected chi connectivity index (χ0v) is 24.6. The van der Waals surface area contributed by atoms with E-state index in [9.17, 15) is 18.0 Å². The van der Waals surface area contributed by atoms with Crippen LogP contribution in [0, 0.1) is 6.92 Å². The quantitative estimate of drug-likeness (QED) is 0.342. The van der Waals surface area contributed by atoms with E-state index in [0.717, 1.165) is 22.5 Å². The maximum Gasteiger partial charge on any atom is 0.356 e. The number of carbonyl (C=O) groups excluding carboxylic acids is 2. The van der Waals surface area contributed by atoms with Gasteiger partial charge in [-0.05, 0) is 48.4 Å². The number of allylic oxidation sites excluding steroid dienone is 2. The van der Waals surface area contributed by atoms with E-state index >= 15 is 0 Å². The number of carbonyl (C=O) groups is 2. The van der Waals surface area contributed by atoms with Gasteiger partial charge >= 0.3 is 11.9 Å². The van der Waals surface area contributed by atoms with Crippen LogP contribution in [0.1, 0.15) is 16.7 Å². The third-order valence-corrected chi connectivity index (χ3v) is 8.85. The van der Waals surface area contributed by atoms with Gasteiger partial charge < -0.3 is 14.4 Å². The van der Waals surface area contributed by atoms with Crippen LogP contribution in [0.3, 0.4) is 0 Å². The van der Waals surface area contributed by atoms with Crippen molar-refractivity contribution in [2.24, 2.45) is 0 Å². The molecule has 0 aromatic heterocycles. The van der Waals surface area contributed by atoms with E-state index in [1.54, 1.807) is 41.3 Å². The Morgan fingerprint density at radius 3 is 2.05 bits per heavy atom. The van der Waals surface area contributed by atoms with Crippen LogP contribution in [-0.4, -0.2) is 49.8 Å². The fourth-order valence-electron chi connectivity index (χ4n) is 4.89. The van der Waals surface area contributed by atoms with E-state index in [1.165, 1.54) is 25.4 Å². The lowest BCUT2D eigenvalue weighted by Crippen LogP contribution is -2.38. The van der Waals surface area contributed by atoms with Gasteiger partial charge in [0.25, 0.3) is 10.0 Å². The molecule has 1 unspecified atom stereocenters. The van der Waals surface area contributed by atoms with Gasteiger partial charge in [0.15, 0.2) is 5.70 Å². The van der Waals surface area contributed by atoms with Crippen molar-refractivity contribution >= 4 is 45.0 Å². The molecule has 0 fully saturated rings. The molecule has 5 rings (SSSR count). The highest BCUT2D eigenvalue weighted by Crippen LogP contribution is 2.42. The molecule has 8 nitrogen and oxygen atoms in total. The molecular formula is C32H27ClN2O6S. The topological polar surface area (TPSA) is 93.2 Å². The highest BCUT2D eigenvalue weighted by Gasteiger charge is 2.44. The molecule has 0 radical (unpaired) electrons. The third-order valence-electron chi connectivity index (χ3n) is 6.93. The van der Waals surface area contributed by atoms with Crippen LogP contribution in [-0.2, 0) is 29.1 Å². The first kappa shape index (κ1) is 28.9. The number of halogens is 1. The largest absolute Gasteiger partial charge is 0.466 e. The van der Waals surface area contributed by atoms with Gasteiger partial charge in [-0.3, -0.25) is 0 Å². The van der Waals surface area contributed by atoms with Crippen molar-refractivity contribution in [3.8, 4) is 0 Å². The van der Waals surface area contributed by atoms with E-state index in [0.29, 0.717) is 22.0 Å². The first-order valence-corrected chi connectivity index (χ1v) is 14.7. The van der Waals surface area contributed by atoms with Crippen LogP contribution >= 0.6 is 11.6 Å². The summed E-state index contributed by atoms with van der Waals surface area (Å²) in [4.78, 5) is 28.8. The van der Waals surface area contributed by atoms with Crippen LogP contribution in [0.5, 0.6) is 0 Å². The number of hydrogen-bond donors (Lipinski definition) is 0. The van der Waals surface area contributed by atoms with E-state index in [2.05, 4.69) is 0 Å². The van der Waals surface area contributed by atoms with Gasteiger partial charge in [-0.15, -0.1) is 0 Å². The minimum Gasteiger partial charge on any atom is -0.466 e. The average molecular weight is 603 g/mol. The smallest absolute Gasteiger partial charge is 0.356 e. The molecule has 0 spiro atoms. The summed E-state index contributed by atoms with van der Waals surface area (Å²) >= 11 is 6.18. The number of hydrogen-bond acceptors (Lipinski definition) is 7. The summed E-state index contributed by atoms with van der Waals surface area (Å²) in [5, 5.41) is 0.537. The molecule has 0 amide bonds. The van der Waals surface area contributed by atoms with Crippen LogP contribution in [0.2, 0.25) is 5.02 Å². The summed E-state index contributed by atoms with van der Waals surface area (Å²) in [6.07, 6.45) is 6.64. The molecule has 0 bridgehead atoms. The highest BCUT2D eigenvalue weighted by atomic mass is 35.5. The summed E-state index contributed by atoms with van der Waals surface area (Å²) in [5.41, 5.74) is 2.58. The molecule has 0 aliphatic carbocycles. The monoisotopic (exact) mass is 602 g/mol. The van der Waals surface area contributed by atoms with Crippen molar-refractivity contribution in [3.05, 3.63) is 136 Å². The second-order valence-electron chi connectivity index (χ2n) is 9.50. The molecule has 42 heavy (non-hydrogen) atoms. The molecule has 214 valence electrons. The van der Waals surface area contributed by atoms with Crippen molar-refractivity contribution in [2.75, 3.05) is 14.2 Å². The Labute approximate surface area is 249 Å². The van der Waals surface area contributed by atoms with Gasteiger partial charge in [0, 0.05) is 16.9 Å². The second-order valence-corrected chi connectivity index (χ2v) is 11.7. The highest BCUT2D eigenvalue weighted by molar-refractivity contribution is 7.89. The molecule has 0 N–H and O–H groups in total. The molecule has 2 aliphatic heterocycles. The first-order chi connectivity index (χ1) is 20.2. The molecule has 0 saturated heterocycles. The summed E-state index contributed by atoms with van der Waals surface area (Å²) in [7, 11) is -2.15. The normalized spacial score (nSPS) is 16.7. The van der Waals surface area contributed by atoms with E-state index in [4.69, 9.17) is 21.1 Å². The van der Waals surface area contributed by atoms with Crippen LogP contribution < -0.4 is 0 Å². The Kier molecular flexibility index (Phi) is 8.06. The van der Waals surface area contributed by atoms with Crippen molar-refractivity contribution < 1.29 is 27.5 Å². The lowest BCUT2D eigenvalue weighted by atomic mass is 9.95. The van der Waals surface area contributed by atoms with Crippen LogP contribution in [0.25, 0.3) is 11.4 Å². The van der Waals surface area contributed by atoms with E-state index in [1.807, 2.05) is 55.5 Å². The van der Waals surface area contributed by atoms with Gasteiger partial charge in [0.05, 0.1) is 36.4 Å². The Hall–Kier alpha value is -4.60.